The van der Waals surface area contributed by atoms with Crippen molar-refractivity contribution >= 4 is 0 Å². The van der Waals surface area contributed by atoms with Crippen molar-refractivity contribution in [2.45, 2.75) is 52.1 Å². The van der Waals surface area contributed by atoms with Gasteiger partial charge in [0.2, 0.25) is 0 Å². The van der Waals surface area contributed by atoms with Gasteiger partial charge in [-0.15, -0.1) is 0 Å². The largest absolute Gasteiger partial charge is 0.393 e. The lowest BCUT2D eigenvalue weighted by Gasteiger charge is -2.31. The van der Waals surface area contributed by atoms with Gasteiger partial charge in [-0.25, -0.2) is 0 Å². The van der Waals surface area contributed by atoms with E-state index in [1.165, 1.54) is 25.7 Å². The van der Waals surface area contributed by atoms with Gasteiger partial charge in [0.05, 0.1) is 6.10 Å². The van der Waals surface area contributed by atoms with E-state index in [1.54, 1.807) is 0 Å². The Balaban J connectivity index is 2.40. The Labute approximate surface area is 69.8 Å². The molecule has 0 aromatic carbocycles. The molecule has 0 aromatic rings. The molecule has 0 spiro atoms. The van der Waals surface area contributed by atoms with Gasteiger partial charge >= 0.3 is 0 Å². The van der Waals surface area contributed by atoms with Crippen LogP contribution in [0.3, 0.4) is 0 Å². The average Bonchev–Trinajstić information content (AvgIpc) is 2.04. The van der Waals surface area contributed by atoms with Gasteiger partial charge in [-0.3, -0.25) is 0 Å². The second-order valence-corrected chi connectivity index (χ2v) is 3.90. The molecular weight excluding hydrogens is 136 g/mol. The van der Waals surface area contributed by atoms with E-state index in [0.29, 0.717) is 11.8 Å². The topological polar surface area (TPSA) is 20.2 Å². The summed E-state index contributed by atoms with van der Waals surface area (Å²) in [7, 11) is 0. The van der Waals surface area contributed by atoms with E-state index in [-0.39, 0.29) is 6.10 Å². The fourth-order valence-corrected chi connectivity index (χ4v) is 2.11. The third-order valence-electron chi connectivity index (χ3n) is 3.16. The number of hydrogen-bond acceptors (Lipinski definition) is 1. The van der Waals surface area contributed by atoms with Crippen LogP contribution in [0.4, 0.5) is 0 Å². The van der Waals surface area contributed by atoms with Crippen LogP contribution in [0.1, 0.15) is 46.0 Å². The Morgan fingerprint density at radius 3 is 2.55 bits per heavy atom. The molecule has 0 aliphatic heterocycles. The first kappa shape index (κ1) is 9.05. The highest BCUT2D eigenvalue weighted by atomic mass is 16.3. The first-order valence-corrected chi connectivity index (χ1v) is 4.93. The van der Waals surface area contributed by atoms with Crippen LogP contribution in [0.2, 0.25) is 0 Å². The summed E-state index contributed by atoms with van der Waals surface area (Å²) in [6.45, 7) is 4.48. The summed E-state index contributed by atoms with van der Waals surface area (Å²) in [5.74, 6) is 1.30. The minimum atomic E-state index is -0.00120. The summed E-state index contributed by atoms with van der Waals surface area (Å²) < 4.78 is 0. The Morgan fingerprint density at radius 2 is 2.00 bits per heavy atom. The maximum atomic E-state index is 9.67. The molecule has 1 rings (SSSR count). The number of aliphatic hydroxyl groups is 1. The van der Waals surface area contributed by atoms with Crippen LogP contribution in [0, 0.1) is 11.8 Å². The molecule has 1 aliphatic rings. The number of hydrogen-bond donors (Lipinski definition) is 1. The van der Waals surface area contributed by atoms with E-state index in [1.807, 2.05) is 0 Å². The van der Waals surface area contributed by atoms with Crippen molar-refractivity contribution in [1.82, 2.24) is 0 Å². The third kappa shape index (κ3) is 2.19. The molecule has 0 amide bonds. The van der Waals surface area contributed by atoms with Crippen LogP contribution < -0.4 is 0 Å². The fraction of sp³-hybridized carbons (Fsp3) is 1.00. The van der Waals surface area contributed by atoms with Crippen molar-refractivity contribution in [3.63, 3.8) is 0 Å². The highest BCUT2D eigenvalue weighted by Gasteiger charge is 2.26. The van der Waals surface area contributed by atoms with Gasteiger partial charge in [-0.1, -0.05) is 33.1 Å². The molecule has 1 nitrogen and oxygen atoms in total. The van der Waals surface area contributed by atoms with E-state index in [9.17, 15) is 5.11 Å². The van der Waals surface area contributed by atoms with Gasteiger partial charge in [-0.2, -0.15) is 0 Å². The van der Waals surface area contributed by atoms with Gasteiger partial charge in [-0.05, 0) is 24.7 Å². The number of aliphatic hydroxyl groups excluding tert-OH is 1. The molecule has 1 aliphatic carbocycles. The summed E-state index contributed by atoms with van der Waals surface area (Å²) in [4.78, 5) is 0. The first-order valence-electron chi connectivity index (χ1n) is 4.93. The summed E-state index contributed by atoms with van der Waals surface area (Å²) in [6, 6.07) is 0. The van der Waals surface area contributed by atoms with Gasteiger partial charge < -0.3 is 5.11 Å². The normalized spacial score (nSPS) is 35.2. The van der Waals surface area contributed by atoms with Gasteiger partial charge in [0, 0.05) is 0 Å². The highest BCUT2D eigenvalue weighted by Crippen LogP contribution is 2.31. The smallest absolute Gasteiger partial charge is 0.0570 e. The van der Waals surface area contributed by atoms with Crippen LogP contribution in [0.25, 0.3) is 0 Å². The van der Waals surface area contributed by atoms with E-state index < -0.39 is 0 Å². The minimum Gasteiger partial charge on any atom is -0.393 e. The zero-order valence-electron chi connectivity index (χ0n) is 7.71. The third-order valence-corrected chi connectivity index (χ3v) is 3.16. The molecule has 11 heavy (non-hydrogen) atoms. The molecule has 0 aromatic heterocycles. The Kier molecular flexibility index (Phi) is 3.38. The standard InChI is InChI=1S/C10H20O/c1-3-8(2)9-6-4-5-7-10(9)11/h8-11H,3-7H2,1-2H3/t8-,9+,10+/m1/s1. The van der Waals surface area contributed by atoms with E-state index in [4.69, 9.17) is 0 Å². The van der Waals surface area contributed by atoms with Crippen molar-refractivity contribution < 1.29 is 5.11 Å². The monoisotopic (exact) mass is 156 g/mol. The maximum absolute atomic E-state index is 9.67. The Bertz CT molecular complexity index is 107. The molecule has 0 bridgehead atoms. The zero-order valence-corrected chi connectivity index (χ0v) is 7.71. The maximum Gasteiger partial charge on any atom is 0.0570 e. The van der Waals surface area contributed by atoms with Crippen molar-refractivity contribution in [2.75, 3.05) is 0 Å². The van der Waals surface area contributed by atoms with Gasteiger partial charge in [0.1, 0.15) is 0 Å². The SMILES string of the molecule is CC[C@@H](C)[C@@H]1CCCC[C@@H]1O. The van der Waals surface area contributed by atoms with Crippen molar-refractivity contribution in [2.24, 2.45) is 11.8 Å². The van der Waals surface area contributed by atoms with Crippen molar-refractivity contribution in [3.8, 4) is 0 Å². The molecule has 1 N–H and O–H groups in total. The lowest BCUT2D eigenvalue weighted by molar-refractivity contribution is 0.0402. The van der Waals surface area contributed by atoms with E-state index in [0.717, 1.165) is 6.42 Å². The Hall–Kier alpha value is -0.0400. The second-order valence-electron chi connectivity index (χ2n) is 3.90. The van der Waals surface area contributed by atoms with Crippen molar-refractivity contribution in [1.29, 1.82) is 0 Å². The van der Waals surface area contributed by atoms with E-state index >= 15 is 0 Å². The summed E-state index contributed by atoms with van der Waals surface area (Å²) >= 11 is 0. The van der Waals surface area contributed by atoms with Crippen LogP contribution in [-0.4, -0.2) is 11.2 Å². The molecule has 0 saturated heterocycles. The highest BCUT2D eigenvalue weighted by molar-refractivity contribution is 4.77. The van der Waals surface area contributed by atoms with Crippen molar-refractivity contribution in [3.05, 3.63) is 0 Å². The molecular formula is C10H20O. The molecule has 3 atom stereocenters. The Morgan fingerprint density at radius 1 is 1.36 bits per heavy atom. The molecule has 1 saturated carbocycles. The zero-order chi connectivity index (χ0) is 8.27. The summed E-state index contributed by atoms with van der Waals surface area (Å²) in [5, 5.41) is 9.67. The summed E-state index contributed by atoms with van der Waals surface area (Å²) in [5.41, 5.74) is 0. The lowest BCUT2D eigenvalue weighted by Crippen LogP contribution is -2.29. The fourth-order valence-electron chi connectivity index (χ4n) is 2.11. The van der Waals surface area contributed by atoms with E-state index in [2.05, 4.69) is 13.8 Å². The van der Waals surface area contributed by atoms with Gasteiger partial charge in [0.25, 0.3) is 0 Å². The molecule has 0 unspecified atom stereocenters. The quantitative estimate of drug-likeness (QED) is 0.651. The average molecular weight is 156 g/mol. The predicted molar refractivity (Wildman–Crippen MR) is 47.4 cm³/mol. The van der Waals surface area contributed by atoms with Crippen LogP contribution in [-0.2, 0) is 0 Å². The molecule has 1 heteroatoms. The lowest BCUT2D eigenvalue weighted by atomic mass is 9.78. The van der Waals surface area contributed by atoms with Gasteiger partial charge in [0.15, 0.2) is 0 Å². The molecule has 0 heterocycles. The van der Waals surface area contributed by atoms with Crippen LogP contribution >= 0.6 is 0 Å². The second kappa shape index (κ2) is 4.10. The molecule has 1 fully saturated rings. The van der Waals surface area contributed by atoms with Crippen LogP contribution in [0.15, 0.2) is 0 Å². The minimum absolute atomic E-state index is 0.00120. The molecule has 0 radical (unpaired) electrons. The predicted octanol–water partition coefficient (Wildman–Crippen LogP) is 2.58. The summed E-state index contributed by atoms with van der Waals surface area (Å²) in [6.07, 6.45) is 6.05. The molecule has 66 valence electrons. The number of rotatable bonds is 2. The first-order chi connectivity index (χ1) is 5.25. The van der Waals surface area contributed by atoms with Crippen LogP contribution in [0.5, 0.6) is 0 Å².